The number of rotatable bonds is 5. The third-order valence-electron chi connectivity index (χ3n) is 4.37. The zero-order valence-electron chi connectivity index (χ0n) is 15.2. The van der Waals surface area contributed by atoms with Crippen molar-refractivity contribution in [2.45, 2.75) is 12.7 Å². The quantitative estimate of drug-likeness (QED) is 0.723. The molecule has 28 heavy (non-hydrogen) atoms. The van der Waals surface area contributed by atoms with Gasteiger partial charge in [-0.1, -0.05) is 42.5 Å². The van der Waals surface area contributed by atoms with E-state index in [2.05, 4.69) is 10.2 Å². The van der Waals surface area contributed by atoms with Crippen LogP contribution in [-0.4, -0.2) is 41.6 Å². The van der Waals surface area contributed by atoms with Crippen LogP contribution in [0.15, 0.2) is 60.7 Å². The van der Waals surface area contributed by atoms with Crippen molar-refractivity contribution in [1.82, 2.24) is 4.90 Å². The Balaban J connectivity index is 1.72. The number of anilines is 1. The summed E-state index contributed by atoms with van der Waals surface area (Å²) in [6.45, 7) is 2.78. The van der Waals surface area contributed by atoms with Crippen molar-refractivity contribution in [1.29, 1.82) is 0 Å². The largest absolute Gasteiger partial charge is 0.417 e. The van der Waals surface area contributed by atoms with Gasteiger partial charge >= 0.3 is 6.18 Å². The number of carbonyl (C=O) groups is 1. The number of nitrogens with one attached hydrogen (secondary N) is 1. The molecule has 0 saturated carbocycles. The predicted octanol–water partition coefficient (Wildman–Crippen LogP) is 4.82. The smallest absolute Gasteiger partial charge is 0.322 e. The molecule has 1 aliphatic rings. The molecule has 2 aromatic carbocycles. The van der Waals surface area contributed by atoms with Crippen LogP contribution < -0.4 is 5.32 Å². The van der Waals surface area contributed by atoms with E-state index < -0.39 is 17.7 Å². The third kappa shape index (κ3) is 5.87. The minimum absolute atomic E-state index is 0.0399. The van der Waals surface area contributed by atoms with E-state index in [1.165, 1.54) is 24.3 Å². The topological polar surface area (TPSA) is 32.3 Å². The molecule has 3 nitrogen and oxygen atoms in total. The van der Waals surface area contributed by atoms with Crippen molar-refractivity contribution in [3.63, 3.8) is 0 Å². The summed E-state index contributed by atoms with van der Waals surface area (Å²) in [6, 6.07) is 14.6. The highest BCUT2D eigenvalue weighted by atomic mass is 32.2. The summed E-state index contributed by atoms with van der Waals surface area (Å²) in [6.07, 6.45) is -4.00. The fourth-order valence-electron chi connectivity index (χ4n) is 3.02. The average Bonchev–Trinajstić information content (AvgIpc) is 2.67. The maximum absolute atomic E-state index is 13.4. The Morgan fingerprint density at radius 3 is 2.46 bits per heavy atom. The van der Waals surface area contributed by atoms with E-state index in [-0.39, 0.29) is 5.56 Å². The summed E-state index contributed by atoms with van der Waals surface area (Å²) < 4.78 is 40.1. The lowest BCUT2D eigenvalue weighted by Crippen LogP contribution is -2.31. The summed E-state index contributed by atoms with van der Waals surface area (Å²) in [7, 11) is 0. The van der Waals surface area contributed by atoms with Crippen LogP contribution in [0.5, 0.6) is 0 Å². The molecule has 1 N–H and O–H groups in total. The molecule has 148 valence electrons. The molecule has 1 heterocycles. The first kappa shape index (κ1) is 20.5. The standard InChI is InChI=1S/C21H21F3N2OS/c22-21(23,24)19(17-6-2-1-3-7-17)14-20(27)25-18-8-4-5-16(13-18)15-26-9-11-28-12-10-26/h1-8,13-14H,9-12,15H2,(H,25,27)/b19-14+. The van der Waals surface area contributed by atoms with Crippen molar-refractivity contribution in [2.75, 3.05) is 29.9 Å². The fraction of sp³-hybridized carbons (Fsp3) is 0.286. The molecule has 0 radical (unpaired) electrons. The van der Waals surface area contributed by atoms with E-state index in [9.17, 15) is 18.0 Å². The number of amides is 1. The molecular formula is C21H21F3N2OS. The number of allylic oxidation sites excluding steroid dienone is 1. The number of halogens is 3. The second-order valence-electron chi connectivity index (χ2n) is 6.50. The second-order valence-corrected chi connectivity index (χ2v) is 7.72. The van der Waals surface area contributed by atoms with E-state index in [1.807, 2.05) is 23.9 Å². The normalized spacial score (nSPS) is 16.0. The monoisotopic (exact) mass is 406 g/mol. The molecule has 3 rings (SSSR count). The van der Waals surface area contributed by atoms with Gasteiger partial charge in [0.25, 0.3) is 0 Å². The van der Waals surface area contributed by atoms with Crippen molar-refractivity contribution in [3.8, 4) is 0 Å². The minimum atomic E-state index is -4.62. The maximum atomic E-state index is 13.4. The van der Waals surface area contributed by atoms with Gasteiger partial charge in [-0.2, -0.15) is 24.9 Å². The summed E-state index contributed by atoms with van der Waals surface area (Å²) >= 11 is 1.93. The number of hydrogen-bond donors (Lipinski definition) is 1. The molecule has 7 heteroatoms. The molecule has 0 atom stereocenters. The highest BCUT2D eigenvalue weighted by Crippen LogP contribution is 2.33. The molecule has 0 aliphatic carbocycles. The van der Waals surface area contributed by atoms with Crippen LogP contribution in [0.3, 0.4) is 0 Å². The first-order chi connectivity index (χ1) is 13.4. The molecule has 1 saturated heterocycles. The van der Waals surface area contributed by atoms with Gasteiger partial charge in [-0.25, -0.2) is 0 Å². The Morgan fingerprint density at radius 1 is 1.07 bits per heavy atom. The van der Waals surface area contributed by atoms with Crippen LogP contribution in [0, 0.1) is 0 Å². The van der Waals surface area contributed by atoms with Gasteiger partial charge in [0.15, 0.2) is 0 Å². The van der Waals surface area contributed by atoms with Crippen LogP contribution in [0.4, 0.5) is 18.9 Å². The maximum Gasteiger partial charge on any atom is 0.417 e. The molecule has 1 fully saturated rings. The Bertz CT molecular complexity index is 831. The van der Waals surface area contributed by atoms with Crippen LogP contribution in [0.25, 0.3) is 5.57 Å². The first-order valence-corrected chi connectivity index (χ1v) is 10.1. The SMILES string of the molecule is O=C(/C=C(\c1ccccc1)C(F)(F)F)Nc1cccc(CN2CCSCC2)c1. The Labute approximate surface area is 166 Å². The number of nitrogens with zero attached hydrogens (tertiary/aromatic N) is 1. The lowest BCUT2D eigenvalue weighted by atomic mass is 10.1. The molecule has 1 amide bonds. The van der Waals surface area contributed by atoms with Gasteiger partial charge in [-0.3, -0.25) is 9.69 Å². The fourth-order valence-corrected chi connectivity index (χ4v) is 4.00. The van der Waals surface area contributed by atoms with Gasteiger partial charge in [0, 0.05) is 42.9 Å². The second kappa shape index (κ2) is 9.30. The molecular weight excluding hydrogens is 385 g/mol. The molecule has 0 spiro atoms. The highest BCUT2D eigenvalue weighted by Gasteiger charge is 2.35. The average molecular weight is 406 g/mol. The van der Waals surface area contributed by atoms with Crippen molar-refractivity contribution >= 4 is 28.9 Å². The van der Waals surface area contributed by atoms with Crippen LogP contribution in [0.2, 0.25) is 0 Å². The summed E-state index contributed by atoms with van der Waals surface area (Å²) in [5, 5.41) is 2.55. The van der Waals surface area contributed by atoms with E-state index in [4.69, 9.17) is 0 Å². The Kier molecular flexibility index (Phi) is 6.80. The molecule has 0 unspecified atom stereocenters. The minimum Gasteiger partial charge on any atom is -0.322 e. The highest BCUT2D eigenvalue weighted by molar-refractivity contribution is 7.99. The Hall–Kier alpha value is -2.25. The summed E-state index contributed by atoms with van der Waals surface area (Å²) in [4.78, 5) is 14.6. The van der Waals surface area contributed by atoms with Crippen molar-refractivity contribution in [2.24, 2.45) is 0 Å². The Morgan fingerprint density at radius 2 is 1.79 bits per heavy atom. The summed E-state index contributed by atoms with van der Waals surface area (Å²) in [5.74, 6) is 1.39. The van der Waals surface area contributed by atoms with Crippen LogP contribution >= 0.6 is 11.8 Å². The van der Waals surface area contributed by atoms with Gasteiger partial charge in [-0.05, 0) is 23.3 Å². The van der Waals surface area contributed by atoms with Crippen LogP contribution in [0.1, 0.15) is 11.1 Å². The number of hydrogen-bond acceptors (Lipinski definition) is 3. The van der Waals surface area contributed by atoms with E-state index >= 15 is 0 Å². The molecule has 1 aliphatic heterocycles. The van der Waals surface area contributed by atoms with Crippen LogP contribution in [-0.2, 0) is 11.3 Å². The van der Waals surface area contributed by atoms with Gasteiger partial charge in [0.2, 0.25) is 5.91 Å². The summed E-state index contributed by atoms with van der Waals surface area (Å²) in [5.41, 5.74) is 0.502. The van der Waals surface area contributed by atoms with E-state index in [0.29, 0.717) is 11.8 Å². The van der Waals surface area contributed by atoms with Crippen molar-refractivity contribution in [3.05, 3.63) is 71.8 Å². The predicted molar refractivity (Wildman–Crippen MR) is 108 cm³/mol. The molecule has 2 aromatic rings. The molecule has 0 aromatic heterocycles. The zero-order valence-corrected chi connectivity index (χ0v) is 16.0. The molecule has 0 bridgehead atoms. The van der Waals surface area contributed by atoms with E-state index in [1.54, 1.807) is 18.2 Å². The third-order valence-corrected chi connectivity index (χ3v) is 5.31. The van der Waals surface area contributed by atoms with Crippen molar-refractivity contribution < 1.29 is 18.0 Å². The van der Waals surface area contributed by atoms with E-state index in [0.717, 1.165) is 36.7 Å². The lowest BCUT2D eigenvalue weighted by molar-refractivity contribution is -0.112. The lowest BCUT2D eigenvalue weighted by Gasteiger charge is -2.26. The van der Waals surface area contributed by atoms with Gasteiger partial charge in [-0.15, -0.1) is 0 Å². The van der Waals surface area contributed by atoms with Gasteiger partial charge in [0.05, 0.1) is 5.57 Å². The van der Waals surface area contributed by atoms with Gasteiger partial charge in [0.1, 0.15) is 0 Å². The number of carbonyl (C=O) groups excluding carboxylic acids is 1. The number of benzene rings is 2. The van der Waals surface area contributed by atoms with Gasteiger partial charge < -0.3 is 5.32 Å². The zero-order chi connectivity index (χ0) is 20.0. The first-order valence-electron chi connectivity index (χ1n) is 8.96. The number of thioether (sulfide) groups is 1. The number of alkyl halides is 3.